The van der Waals surface area contributed by atoms with Gasteiger partial charge in [-0.3, -0.25) is 9.59 Å². The van der Waals surface area contributed by atoms with Crippen LogP contribution in [-0.4, -0.2) is 18.4 Å². The molecule has 2 amide bonds. The van der Waals surface area contributed by atoms with Gasteiger partial charge in [0.05, 0.1) is 11.1 Å². The number of amides is 2. The highest BCUT2D eigenvalue weighted by molar-refractivity contribution is 9.10. The third-order valence-electron chi connectivity index (χ3n) is 4.49. The minimum atomic E-state index is -0.246. The first kappa shape index (κ1) is 21.6. The van der Waals surface area contributed by atoms with Crippen LogP contribution in [-0.2, 0) is 11.2 Å². The number of hydrogen-bond acceptors (Lipinski definition) is 3. The molecule has 0 heterocycles. The van der Waals surface area contributed by atoms with Crippen molar-refractivity contribution in [3.63, 3.8) is 0 Å². The van der Waals surface area contributed by atoms with Crippen molar-refractivity contribution in [1.29, 1.82) is 0 Å². The van der Waals surface area contributed by atoms with Crippen LogP contribution in [0.2, 0.25) is 0 Å². The standard InChI is InChI=1S/C24H23BrN2O3/c1-16-8-10-20(15-22(16)26-17(2)28)27-24(29)19-9-11-23(21(25)14-19)30-13-12-18-6-4-3-5-7-18/h3-11,14-15H,12-13H2,1-2H3,(H,26,28)(H,27,29). The van der Waals surface area contributed by atoms with Crippen molar-refractivity contribution < 1.29 is 14.3 Å². The van der Waals surface area contributed by atoms with Crippen molar-refractivity contribution in [2.45, 2.75) is 20.3 Å². The molecule has 0 aliphatic carbocycles. The van der Waals surface area contributed by atoms with Crippen molar-refractivity contribution in [2.75, 3.05) is 17.2 Å². The van der Waals surface area contributed by atoms with Crippen LogP contribution in [0.15, 0.2) is 71.2 Å². The van der Waals surface area contributed by atoms with Gasteiger partial charge in [-0.2, -0.15) is 0 Å². The average molecular weight is 467 g/mol. The SMILES string of the molecule is CC(=O)Nc1cc(NC(=O)c2ccc(OCCc3ccccc3)c(Br)c2)ccc1C. The Hall–Kier alpha value is -3.12. The molecule has 0 aromatic heterocycles. The van der Waals surface area contributed by atoms with E-state index >= 15 is 0 Å². The van der Waals surface area contributed by atoms with E-state index in [2.05, 4.69) is 38.7 Å². The number of benzene rings is 3. The van der Waals surface area contributed by atoms with Crippen LogP contribution >= 0.6 is 15.9 Å². The smallest absolute Gasteiger partial charge is 0.255 e. The number of anilines is 2. The lowest BCUT2D eigenvalue weighted by atomic mass is 10.1. The zero-order valence-corrected chi connectivity index (χ0v) is 18.5. The first-order valence-corrected chi connectivity index (χ1v) is 10.4. The lowest BCUT2D eigenvalue weighted by Gasteiger charge is -2.12. The fourth-order valence-corrected chi connectivity index (χ4v) is 3.40. The summed E-state index contributed by atoms with van der Waals surface area (Å²) in [4.78, 5) is 24.0. The summed E-state index contributed by atoms with van der Waals surface area (Å²) in [5.41, 5.74) is 3.90. The van der Waals surface area contributed by atoms with Gasteiger partial charge in [0, 0.05) is 30.3 Å². The Labute approximate surface area is 184 Å². The van der Waals surface area contributed by atoms with E-state index in [1.807, 2.05) is 31.2 Å². The average Bonchev–Trinajstić information content (AvgIpc) is 2.72. The number of nitrogens with one attached hydrogen (secondary N) is 2. The minimum absolute atomic E-state index is 0.159. The molecule has 0 aliphatic rings. The molecule has 154 valence electrons. The summed E-state index contributed by atoms with van der Waals surface area (Å²) < 4.78 is 6.55. The fourth-order valence-electron chi connectivity index (χ4n) is 2.91. The van der Waals surface area contributed by atoms with Gasteiger partial charge in [0.1, 0.15) is 5.75 Å². The Morgan fingerprint density at radius 3 is 2.43 bits per heavy atom. The molecule has 5 nitrogen and oxygen atoms in total. The molecule has 0 saturated carbocycles. The molecule has 2 N–H and O–H groups in total. The van der Waals surface area contributed by atoms with E-state index in [1.165, 1.54) is 12.5 Å². The largest absolute Gasteiger partial charge is 0.492 e. The second-order valence-corrected chi connectivity index (χ2v) is 7.75. The monoisotopic (exact) mass is 466 g/mol. The van der Waals surface area contributed by atoms with Crippen molar-refractivity contribution in [2.24, 2.45) is 0 Å². The first-order chi connectivity index (χ1) is 14.4. The molecule has 0 spiro atoms. The molecule has 0 radical (unpaired) electrons. The summed E-state index contributed by atoms with van der Waals surface area (Å²) in [6.07, 6.45) is 0.805. The Kier molecular flexibility index (Phi) is 7.25. The van der Waals surface area contributed by atoms with E-state index in [0.29, 0.717) is 33.8 Å². The van der Waals surface area contributed by atoms with Crippen LogP contribution < -0.4 is 15.4 Å². The topological polar surface area (TPSA) is 67.4 Å². The van der Waals surface area contributed by atoms with Gasteiger partial charge in [0.25, 0.3) is 5.91 Å². The van der Waals surface area contributed by atoms with E-state index in [-0.39, 0.29) is 11.8 Å². The molecule has 0 unspecified atom stereocenters. The number of carbonyl (C=O) groups is 2. The summed E-state index contributed by atoms with van der Waals surface area (Å²) in [7, 11) is 0. The van der Waals surface area contributed by atoms with Gasteiger partial charge in [0.15, 0.2) is 0 Å². The van der Waals surface area contributed by atoms with Crippen molar-refractivity contribution in [3.05, 3.63) is 87.9 Å². The second-order valence-electron chi connectivity index (χ2n) is 6.89. The molecule has 0 aliphatic heterocycles. The molecule has 3 rings (SSSR count). The number of rotatable bonds is 7. The van der Waals surface area contributed by atoms with E-state index in [1.54, 1.807) is 30.3 Å². The van der Waals surface area contributed by atoms with E-state index < -0.39 is 0 Å². The first-order valence-electron chi connectivity index (χ1n) is 9.58. The fraction of sp³-hybridized carbons (Fsp3) is 0.167. The van der Waals surface area contributed by atoms with Gasteiger partial charge in [-0.1, -0.05) is 36.4 Å². The number of halogens is 1. The van der Waals surface area contributed by atoms with Crippen LogP contribution in [0, 0.1) is 6.92 Å². The normalized spacial score (nSPS) is 10.4. The van der Waals surface area contributed by atoms with Gasteiger partial charge in [-0.15, -0.1) is 0 Å². The Bertz CT molecular complexity index is 1050. The van der Waals surface area contributed by atoms with Gasteiger partial charge < -0.3 is 15.4 Å². The van der Waals surface area contributed by atoms with Crippen LogP contribution in [0.1, 0.15) is 28.4 Å². The summed E-state index contributed by atoms with van der Waals surface area (Å²) in [5, 5.41) is 5.62. The molecular formula is C24H23BrN2O3. The Morgan fingerprint density at radius 2 is 1.73 bits per heavy atom. The number of aryl methyl sites for hydroxylation is 1. The maximum atomic E-state index is 12.6. The van der Waals surface area contributed by atoms with Gasteiger partial charge >= 0.3 is 0 Å². The van der Waals surface area contributed by atoms with Crippen molar-refractivity contribution in [3.8, 4) is 5.75 Å². The Balaban J connectivity index is 1.63. The second kappa shape index (κ2) is 10.1. The lowest BCUT2D eigenvalue weighted by molar-refractivity contribution is -0.114. The molecule has 30 heavy (non-hydrogen) atoms. The van der Waals surface area contributed by atoms with Crippen LogP contribution in [0.5, 0.6) is 5.75 Å². The maximum Gasteiger partial charge on any atom is 0.255 e. The van der Waals surface area contributed by atoms with Gasteiger partial charge in [-0.05, 0) is 64.3 Å². The van der Waals surface area contributed by atoms with Gasteiger partial charge in [0.2, 0.25) is 5.91 Å². The maximum absolute atomic E-state index is 12.6. The molecule has 0 atom stereocenters. The highest BCUT2D eigenvalue weighted by Gasteiger charge is 2.11. The molecule has 0 bridgehead atoms. The predicted molar refractivity (Wildman–Crippen MR) is 123 cm³/mol. The van der Waals surface area contributed by atoms with Crippen LogP contribution in [0.25, 0.3) is 0 Å². The highest BCUT2D eigenvalue weighted by Crippen LogP contribution is 2.27. The number of ether oxygens (including phenoxy) is 1. The molecule has 3 aromatic rings. The summed E-state index contributed by atoms with van der Waals surface area (Å²) in [6, 6.07) is 20.8. The highest BCUT2D eigenvalue weighted by atomic mass is 79.9. The number of hydrogen-bond donors (Lipinski definition) is 2. The van der Waals surface area contributed by atoms with Gasteiger partial charge in [-0.25, -0.2) is 0 Å². The van der Waals surface area contributed by atoms with E-state index in [0.717, 1.165) is 12.0 Å². The third-order valence-corrected chi connectivity index (χ3v) is 5.11. The molecule has 0 fully saturated rings. The summed E-state index contributed by atoms with van der Waals surface area (Å²) >= 11 is 3.48. The van der Waals surface area contributed by atoms with Crippen LogP contribution in [0.4, 0.5) is 11.4 Å². The van der Waals surface area contributed by atoms with Crippen LogP contribution in [0.3, 0.4) is 0 Å². The molecule has 0 saturated heterocycles. The van der Waals surface area contributed by atoms with Crippen molar-refractivity contribution >= 4 is 39.1 Å². The molecule has 6 heteroatoms. The Morgan fingerprint density at radius 1 is 0.967 bits per heavy atom. The quantitative estimate of drug-likeness (QED) is 0.476. The predicted octanol–water partition coefficient (Wildman–Crippen LogP) is 5.59. The van der Waals surface area contributed by atoms with Crippen molar-refractivity contribution in [1.82, 2.24) is 0 Å². The zero-order valence-electron chi connectivity index (χ0n) is 16.9. The third kappa shape index (κ3) is 5.94. The minimum Gasteiger partial charge on any atom is -0.492 e. The molecular weight excluding hydrogens is 444 g/mol. The summed E-state index contributed by atoms with van der Waals surface area (Å²) in [6.45, 7) is 3.89. The lowest BCUT2D eigenvalue weighted by Crippen LogP contribution is -2.13. The zero-order chi connectivity index (χ0) is 21.5. The molecule has 3 aromatic carbocycles. The van der Waals surface area contributed by atoms with E-state index in [9.17, 15) is 9.59 Å². The summed E-state index contributed by atoms with van der Waals surface area (Å²) in [5.74, 6) is 0.281. The van der Waals surface area contributed by atoms with E-state index in [4.69, 9.17) is 4.74 Å². The number of carbonyl (C=O) groups excluding carboxylic acids is 2.